The van der Waals surface area contributed by atoms with Gasteiger partial charge in [-0.1, -0.05) is 6.92 Å². The lowest BCUT2D eigenvalue weighted by Gasteiger charge is -2.37. The van der Waals surface area contributed by atoms with Crippen molar-refractivity contribution in [2.24, 2.45) is 0 Å². The summed E-state index contributed by atoms with van der Waals surface area (Å²) in [5.41, 5.74) is 0.884. The fraction of sp³-hybridized carbons (Fsp3) is 0.667. The topological polar surface area (TPSA) is 52.2 Å². The maximum Gasteiger partial charge on any atom is 0.264 e. The summed E-state index contributed by atoms with van der Waals surface area (Å²) < 4.78 is 0.714. The third-order valence-electron chi connectivity index (χ3n) is 3.45. The van der Waals surface area contributed by atoms with Crippen LogP contribution in [0.1, 0.15) is 24.5 Å². The lowest BCUT2D eigenvalue weighted by molar-refractivity contribution is 0.109. The number of H-pyrrole nitrogens is 1. The van der Waals surface area contributed by atoms with Crippen LogP contribution in [0.5, 0.6) is 0 Å². The number of halogens is 1. The average molecular weight is 362 g/mol. The van der Waals surface area contributed by atoms with Gasteiger partial charge in [0.15, 0.2) is 0 Å². The molecule has 1 fully saturated rings. The summed E-state index contributed by atoms with van der Waals surface area (Å²) >= 11 is 2.07. The zero-order valence-electron chi connectivity index (χ0n) is 11.0. The Hall–Kier alpha value is -0.470. The molecule has 0 aromatic carbocycles. The van der Waals surface area contributed by atoms with Crippen molar-refractivity contribution in [3.8, 4) is 0 Å². The summed E-state index contributed by atoms with van der Waals surface area (Å²) in [6.07, 6.45) is 0.793. The van der Waals surface area contributed by atoms with Crippen molar-refractivity contribution in [3.05, 3.63) is 25.4 Å². The second-order valence-electron chi connectivity index (χ2n) is 4.82. The van der Waals surface area contributed by atoms with E-state index in [1.165, 1.54) is 0 Å². The smallest absolute Gasteiger partial charge is 0.264 e. The molecule has 1 atom stereocenters. The van der Waals surface area contributed by atoms with E-state index in [-0.39, 0.29) is 11.6 Å². The number of hydrogen-bond acceptors (Lipinski definition) is 4. The van der Waals surface area contributed by atoms with E-state index < -0.39 is 0 Å². The van der Waals surface area contributed by atoms with Gasteiger partial charge in [0.25, 0.3) is 5.56 Å². The number of aromatic amines is 1. The molecule has 0 bridgehead atoms. The van der Waals surface area contributed by atoms with Crippen molar-refractivity contribution < 1.29 is 0 Å². The molecular weight excluding hydrogens is 343 g/mol. The molecule has 0 spiro atoms. The molecule has 1 aliphatic rings. The number of nitrogens with zero attached hydrogens (tertiary/aromatic N) is 3. The molecule has 2 heterocycles. The van der Waals surface area contributed by atoms with Gasteiger partial charge in [0.2, 0.25) is 0 Å². The molecular formula is C12H19IN4O. The average Bonchev–Trinajstić information content (AvgIpc) is 2.35. The standard InChI is InChI=1S/C12H19IN4O/c1-4-8-10(13)12(18)15-11(14-8)9-7-16(2)5-6-17(9)3/h9H,4-7H2,1-3H3,(H,14,15,18). The molecule has 2 rings (SSSR count). The van der Waals surface area contributed by atoms with Crippen LogP contribution >= 0.6 is 22.6 Å². The Kier molecular flexibility index (Phi) is 4.39. The van der Waals surface area contributed by atoms with E-state index in [2.05, 4.69) is 56.5 Å². The number of aryl methyl sites for hydroxylation is 1. The van der Waals surface area contributed by atoms with Crippen molar-refractivity contribution in [3.63, 3.8) is 0 Å². The van der Waals surface area contributed by atoms with E-state index in [1.54, 1.807) is 0 Å². The Morgan fingerprint density at radius 2 is 2.17 bits per heavy atom. The Labute approximate surface area is 121 Å². The van der Waals surface area contributed by atoms with Crippen LogP contribution in [0.15, 0.2) is 4.79 Å². The Morgan fingerprint density at radius 3 is 2.83 bits per heavy atom. The molecule has 1 aromatic heterocycles. The number of likely N-dealkylation sites (N-methyl/N-ethyl adjacent to an activating group) is 2. The summed E-state index contributed by atoms with van der Waals surface area (Å²) in [4.78, 5) is 24.0. The van der Waals surface area contributed by atoms with Crippen molar-refractivity contribution in [1.82, 2.24) is 19.8 Å². The minimum Gasteiger partial charge on any atom is -0.308 e. The molecule has 18 heavy (non-hydrogen) atoms. The van der Waals surface area contributed by atoms with Crippen molar-refractivity contribution in [2.45, 2.75) is 19.4 Å². The van der Waals surface area contributed by atoms with Crippen LogP contribution in [0, 0.1) is 3.57 Å². The Morgan fingerprint density at radius 1 is 1.44 bits per heavy atom. The van der Waals surface area contributed by atoms with Gasteiger partial charge in [-0.15, -0.1) is 0 Å². The maximum atomic E-state index is 11.9. The highest BCUT2D eigenvalue weighted by Gasteiger charge is 2.26. The van der Waals surface area contributed by atoms with E-state index in [9.17, 15) is 4.79 Å². The highest BCUT2D eigenvalue weighted by Crippen LogP contribution is 2.20. The molecule has 0 saturated carbocycles. The fourth-order valence-electron chi connectivity index (χ4n) is 2.22. The number of hydrogen-bond donors (Lipinski definition) is 1. The van der Waals surface area contributed by atoms with Gasteiger partial charge >= 0.3 is 0 Å². The Balaban J connectivity index is 2.38. The first-order valence-corrected chi connectivity index (χ1v) is 7.28. The SMILES string of the molecule is CCc1nc(C2CN(C)CCN2C)[nH]c(=O)c1I. The Bertz CT molecular complexity index is 487. The summed E-state index contributed by atoms with van der Waals surface area (Å²) in [6, 6.07) is 0.179. The summed E-state index contributed by atoms with van der Waals surface area (Å²) in [5, 5.41) is 0. The van der Waals surface area contributed by atoms with Crippen LogP contribution in [0.3, 0.4) is 0 Å². The number of rotatable bonds is 2. The predicted octanol–water partition coefficient (Wildman–Crippen LogP) is 0.855. The third-order valence-corrected chi connectivity index (χ3v) is 4.56. The van der Waals surface area contributed by atoms with Crippen LogP contribution in [-0.4, -0.2) is 53.5 Å². The van der Waals surface area contributed by atoms with Crippen LogP contribution in [0.4, 0.5) is 0 Å². The minimum atomic E-state index is -0.0147. The molecule has 5 nitrogen and oxygen atoms in total. The first kappa shape index (κ1) is 14.0. The quantitative estimate of drug-likeness (QED) is 0.793. The molecule has 1 N–H and O–H groups in total. The summed E-state index contributed by atoms with van der Waals surface area (Å²) in [6.45, 7) is 4.99. The largest absolute Gasteiger partial charge is 0.308 e. The molecule has 1 aromatic rings. The highest BCUT2D eigenvalue weighted by atomic mass is 127. The number of piperazine rings is 1. The number of nitrogens with one attached hydrogen (secondary N) is 1. The van der Waals surface area contributed by atoms with Gasteiger partial charge in [-0.2, -0.15) is 0 Å². The number of aromatic nitrogens is 2. The van der Waals surface area contributed by atoms with Crippen LogP contribution < -0.4 is 5.56 Å². The second-order valence-corrected chi connectivity index (χ2v) is 5.90. The van der Waals surface area contributed by atoms with Crippen molar-refractivity contribution in [2.75, 3.05) is 33.7 Å². The molecule has 1 aliphatic heterocycles. The van der Waals surface area contributed by atoms with Crippen LogP contribution in [0.25, 0.3) is 0 Å². The lowest BCUT2D eigenvalue weighted by atomic mass is 10.1. The van der Waals surface area contributed by atoms with Gasteiger partial charge in [-0.3, -0.25) is 9.69 Å². The molecule has 0 amide bonds. The van der Waals surface area contributed by atoms with Crippen molar-refractivity contribution >= 4 is 22.6 Å². The maximum absolute atomic E-state index is 11.9. The minimum absolute atomic E-state index is 0.0147. The zero-order chi connectivity index (χ0) is 13.3. The van der Waals surface area contributed by atoms with Gasteiger partial charge in [-0.05, 0) is 43.1 Å². The van der Waals surface area contributed by atoms with E-state index in [0.29, 0.717) is 3.57 Å². The first-order valence-electron chi connectivity index (χ1n) is 6.20. The monoisotopic (exact) mass is 362 g/mol. The summed E-state index contributed by atoms with van der Waals surface area (Å²) in [7, 11) is 4.19. The highest BCUT2D eigenvalue weighted by molar-refractivity contribution is 14.1. The van der Waals surface area contributed by atoms with Crippen LogP contribution in [-0.2, 0) is 6.42 Å². The van der Waals surface area contributed by atoms with Gasteiger partial charge in [-0.25, -0.2) is 4.98 Å². The van der Waals surface area contributed by atoms with Crippen LogP contribution in [0.2, 0.25) is 0 Å². The fourth-order valence-corrected chi connectivity index (χ4v) is 2.86. The normalized spacial score (nSPS) is 22.3. The molecule has 0 aliphatic carbocycles. The van der Waals surface area contributed by atoms with Gasteiger partial charge in [0.05, 0.1) is 15.3 Å². The first-order chi connectivity index (χ1) is 8.52. The van der Waals surface area contributed by atoms with Gasteiger partial charge < -0.3 is 9.88 Å². The van der Waals surface area contributed by atoms with E-state index in [1.807, 2.05) is 6.92 Å². The molecule has 6 heteroatoms. The van der Waals surface area contributed by atoms with E-state index in [0.717, 1.165) is 37.6 Å². The zero-order valence-corrected chi connectivity index (χ0v) is 13.2. The third kappa shape index (κ3) is 2.75. The lowest BCUT2D eigenvalue weighted by Crippen LogP contribution is -2.46. The molecule has 1 unspecified atom stereocenters. The molecule has 0 radical (unpaired) electrons. The van der Waals surface area contributed by atoms with E-state index >= 15 is 0 Å². The molecule has 100 valence electrons. The second kappa shape index (κ2) is 5.66. The van der Waals surface area contributed by atoms with Gasteiger partial charge in [0, 0.05) is 19.6 Å². The van der Waals surface area contributed by atoms with E-state index in [4.69, 9.17) is 0 Å². The predicted molar refractivity (Wildman–Crippen MR) is 79.8 cm³/mol. The molecule has 1 saturated heterocycles. The van der Waals surface area contributed by atoms with Crippen molar-refractivity contribution in [1.29, 1.82) is 0 Å². The van der Waals surface area contributed by atoms with Gasteiger partial charge in [0.1, 0.15) is 5.82 Å². The summed E-state index contributed by atoms with van der Waals surface area (Å²) in [5.74, 6) is 0.798.